The van der Waals surface area contributed by atoms with Gasteiger partial charge in [-0.2, -0.15) is 0 Å². The fraction of sp³-hybridized carbons (Fsp3) is 0.0667. The number of fused-ring (bicyclic) bond motifs is 1. The van der Waals surface area contributed by atoms with Gasteiger partial charge in [0.15, 0.2) is 11.0 Å². The molecule has 0 saturated heterocycles. The Labute approximate surface area is 197 Å². The molecule has 1 amide bonds. The predicted octanol–water partition coefficient (Wildman–Crippen LogP) is 6.61. The van der Waals surface area contributed by atoms with Gasteiger partial charge >= 0.3 is 0 Å². The summed E-state index contributed by atoms with van der Waals surface area (Å²) in [5.41, 5.74) is 4.67. The van der Waals surface area contributed by atoms with E-state index < -0.39 is 0 Å². The van der Waals surface area contributed by atoms with Crippen molar-refractivity contribution in [1.29, 1.82) is 0 Å². The Kier molecular flexibility index (Phi) is 5.79. The fourth-order valence-corrected chi connectivity index (χ4v) is 4.16. The van der Waals surface area contributed by atoms with Crippen molar-refractivity contribution in [2.75, 3.05) is 5.32 Å². The van der Waals surface area contributed by atoms with E-state index in [2.05, 4.69) is 17.4 Å². The normalized spacial score (nSPS) is 10.9. The van der Waals surface area contributed by atoms with Crippen LogP contribution in [0.5, 0.6) is 0 Å². The highest BCUT2D eigenvalue weighted by atomic mass is 16.3. The number of carbonyl (C=O) groups excluding carboxylic acids is 1. The zero-order valence-corrected chi connectivity index (χ0v) is 18.7. The number of rotatable bonds is 5. The molecule has 5 aromatic rings. The summed E-state index contributed by atoms with van der Waals surface area (Å²) >= 11 is 0. The quantitative estimate of drug-likeness (QED) is 0.331. The van der Waals surface area contributed by atoms with Gasteiger partial charge < -0.3 is 9.73 Å². The van der Waals surface area contributed by atoms with Crippen LogP contribution in [0.3, 0.4) is 0 Å². The second-order valence-electron chi connectivity index (χ2n) is 8.21. The van der Waals surface area contributed by atoms with E-state index in [0.717, 1.165) is 22.4 Å². The Bertz CT molecular complexity index is 1540. The number of hydrogen-bond donors (Lipinski definition) is 1. The topological polar surface area (TPSA) is 59.3 Å². The molecule has 5 rings (SSSR count). The highest BCUT2D eigenvalue weighted by Crippen LogP contribution is 2.28. The summed E-state index contributed by atoms with van der Waals surface area (Å²) in [6.45, 7) is 1.75. The summed E-state index contributed by atoms with van der Waals surface area (Å²) in [6, 6.07) is 32.4. The van der Waals surface area contributed by atoms with Crippen LogP contribution in [0.4, 0.5) is 5.69 Å². The molecule has 34 heavy (non-hydrogen) atoms. The molecule has 0 atom stereocenters. The van der Waals surface area contributed by atoms with Gasteiger partial charge in [-0.05, 0) is 42.7 Å². The SMILES string of the molecule is Cc1c(-c2ccccc2)oc2c(C(=O)Nc3ccccc3Cc3ccccc3)cccc2c1=O. The number of nitrogens with one attached hydrogen (secondary N) is 1. The van der Waals surface area contributed by atoms with Crippen molar-refractivity contribution in [2.45, 2.75) is 13.3 Å². The predicted molar refractivity (Wildman–Crippen MR) is 136 cm³/mol. The van der Waals surface area contributed by atoms with Gasteiger partial charge in [0.25, 0.3) is 5.91 Å². The van der Waals surface area contributed by atoms with Crippen LogP contribution in [0, 0.1) is 6.92 Å². The van der Waals surface area contributed by atoms with Crippen molar-refractivity contribution in [1.82, 2.24) is 0 Å². The van der Waals surface area contributed by atoms with Crippen molar-refractivity contribution in [2.24, 2.45) is 0 Å². The van der Waals surface area contributed by atoms with Crippen molar-refractivity contribution in [3.05, 3.63) is 136 Å². The van der Waals surface area contributed by atoms with E-state index in [1.807, 2.05) is 72.8 Å². The van der Waals surface area contributed by atoms with E-state index in [1.165, 1.54) is 0 Å². The molecule has 0 fully saturated rings. The Morgan fingerprint density at radius 2 is 1.47 bits per heavy atom. The minimum absolute atomic E-state index is 0.140. The minimum Gasteiger partial charge on any atom is -0.455 e. The van der Waals surface area contributed by atoms with Crippen molar-refractivity contribution >= 4 is 22.6 Å². The second kappa shape index (κ2) is 9.20. The van der Waals surface area contributed by atoms with E-state index in [-0.39, 0.29) is 16.9 Å². The summed E-state index contributed by atoms with van der Waals surface area (Å²) in [7, 11) is 0. The average molecular weight is 446 g/mol. The number of carbonyl (C=O) groups is 1. The number of amides is 1. The highest BCUT2D eigenvalue weighted by molar-refractivity contribution is 6.11. The smallest absolute Gasteiger partial charge is 0.259 e. The fourth-order valence-electron chi connectivity index (χ4n) is 4.16. The molecule has 0 aliphatic carbocycles. The van der Waals surface area contributed by atoms with Crippen LogP contribution < -0.4 is 10.7 Å². The standard InChI is InChI=1S/C30H23NO3/c1-20-27(32)24-16-10-17-25(29(24)34-28(20)22-13-6-3-7-14-22)30(33)31-26-18-9-8-15-23(26)19-21-11-4-2-5-12-21/h2-18H,19H2,1H3,(H,31,33). The molecule has 166 valence electrons. The zero-order valence-electron chi connectivity index (χ0n) is 18.7. The highest BCUT2D eigenvalue weighted by Gasteiger charge is 2.19. The van der Waals surface area contributed by atoms with Crippen molar-refractivity contribution in [3.63, 3.8) is 0 Å². The van der Waals surface area contributed by atoms with Gasteiger partial charge in [-0.25, -0.2) is 0 Å². The largest absolute Gasteiger partial charge is 0.455 e. The first-order valence-electron chi connectivity index (χ1n) is 11.2. The van der Waals surface area contributed by atoms with Crippen molar-refractivity contribution < 1.29 is 9.21 Å². The van der Waals surface area contributed by atoms with Crippen LogP contribution in [0.15, 0.2) is 112 Å². The van der Waals surface area contributed by atoms with Gasteiger partial charge in [-0.3, -0.25) is 9.59 Å². The third-order valence-electron chi connectivity index (χ3n) is 5.93. The average Bonchev–Trinajstić information content (AvgIpc) is 2.88. The molecule has 0 saturated carbocycles. The Hall–Kier alpha value is -4.44. The molecule has 1 heterocycles. The zero-order chi connectivity index (χ0) is 23.5. The van der Waals surface area contributed by atoms with E-state index in [1.54, 1.807) is 25.1 Å². The molecule has 4 heteroatoms. The van der Waals surface area contributed by atoms with Gasteiger partial charge in [-0.15, -0.1) is 0 Å². The van der Waals surface area contributed by atoms with E-state index in [9.17, 15) is 9.59 Å². The third kappa shape index (κ3) is 4.14. The van der Waals surface area contributed by atoms with Crippen LogP contribution in [0.25, 0.3) is 22.3 Å². The lowest BCUT2D eigenvalue weighted by Crippen LogP contribution is -2.16. The summed E-state index contributed by atoms with van der Waals surface area (Å²) < 4.78 is 6.21. The minimum atomic E-state index is -0.322. The number of benzene rings is 4. The molecule has 0 bridgehead atoms. The molecule has 0 aliphatic rings. The first-order chi connectivity index (χ1) is 16.6. The number of anilines is 1. The lowest BCUT2D eigenvalue weighted by atomic mass is 10.0. The van der Waals surface area contributed by atoms with Crippen LogP contribution in [-0.4, -0.2) is 5.91 Å². The molecule has 4 aromatic carbocycles. The van der Waals surface area contributed by atoms with Gasteiger partial charge in [0.2, 0.25) is 0 Å². The van der Waals surface area contributed by atoms with Gasteiger partial charge in [-0.1, -0.05) is 84.9 Å². The van der Waals surface area contributed by atoms with Crippen molar-refractivity contribution in [3.8, 4) is 11.3 Å². The maximum atomic E-state index is 13.4. The summed E-state index contributed by atoms with van der Waals surface area (Å²) in [5.74, 6) is 0.153. The molecule has 4 nitrogen and oxygen atoms in total. The van der Waals surface area contributed by atoms with Crippen LogP contribution >= 0.6 is 0 Å². The van der Waals surface area contributed by atoms with E-state index in [4.69, 9.17) is 4.42 Å². The molecular formula is C30H23NO3. The lowest BCUT2D eigenvalue weighted by molar-refractivity contribution is 0.102. The molecule has 0 aliphatic heterocycles. The molecule has 0 unspecified atom stereocenters. The lowest BCUT2D eigenvalue weighted by Gasteiger charge is -2.13. The summed E-state index contributed by atoms with van der Waals surface area (Å²) in [5, 5.41) is 3.42. The Morgan fingerprint density at radius 3 is 2.24 bits per heavy atom. The van der Waals surface area contributed by atoms with Gasteiger partial charge in [0, 0.05) is 16.8 Å². The Morgan fingerprint density at radius 1 is 0.794 bits per heavy atom. The monoisotopic (exact) mass is 445 g/mol. The van der Waals surface area contributed by atoms with Crippen LogP contribution in [0.1, 0.15) is 27.0 Å². The van der Waals surface area contributed by atoms with Gasteiger partial charge in [0.05, 0.1) is 10.9 Å². The molecule has 1 N–H and O–H groups in total. The first-order valence-corrected chi connectivity index (χ1v) is 11.2. The van der Waals surface area contributed by atoms with E-state index in [0.29, 0.717) is 28.7 Å². The van der Waals surface area contributed by atoms with Crippen LogP contribution in [0.2, 0.25) is 0 Å². The first kappa shape index (κ1) is 21.4. The number of para-hydroxylation sites is 2. The Balaban J connectivity index is 1.55. The molecular weight excluding hydrogens is 422 g/mol. The summed E-state index contributed by atoms with van der Waals surface area (Å²) in [4.78, 5) is 26.5. The molecule has 0 spiro atoms. The maximum Gasteiger partial charge on any atom is 0.259 e. The number of hydrogen-bond acceptors (Lipinski definition) is 3. The van der Waals surface area contributed by atoms with Gasteiger partial charge in [0.1, 0.15) is 5.76 Å². The molecule has 0 radical (unpaired) electrons. The second-order valence-corrected chi connectivity index (χ2v) is 8.21. The van der Waals surface area contributed by atoms with E-state index >= 15 is 0 Å². The van der Waals surface area contributed by atoms with Crippen LogP contribution in [-0.2, 0) is 6.42 Å². The molecule has 1 aromatic heterocycles. The maximum absolute atomic E-state index is 13.4. The summed E-state index contributed by atoms with van der Waals surface area (Å²) in [6.07, 6.45) is 0.694. The third-order valence-corrected chi connectivity index (χ3v) is 5.93.